The average molecular weight is 243 g/mol. The molecule has 0 saturated carbocycles. The van der Waals surface area contributed by atoms with Crippen molar-refractivity contribution in [3.63, 3.8) is 0 Å². The number of para-hydroxylation sites is 1. The predicted octanol–water partition coefficient (Wildman–Crippen LogP) is 2.70. The van der Waals surface area contributed by atoms with Crippen LogP contribution in [0.15, 0.2) is 46.4 Å². The molecule has 0 saturated heterocycles. The van der Waals surface area contributed by atoms with Gasteiger partial charge in [-0.05, 0) is 31.6 Å². The van der Waals surface area contributed by atoms with E-state index in [0.717, 1.165) is 11.3 Å². The largest absolute Gasteiger partial charge is 0.348 e. The van der Waals surface area contributed by atoms with Gasteiger partial charge in [0.15, 0.2) is 0 Å². The first-order valence-electron chi connectivity index (χ1n) is 5.88. The van der Waals surface area contributed by atoms with Crippen molar-refractivity contribution in [2.75, 3.05) is 6.54 Å². The summed E-state index contributed by atoms with van der Waals surface area (Å²) in [5, 5.41) is 2.79. The van der Waals surface area contributed by atoms with E-state index in [1.807, 2.05) is 31.2 Å². The maximum atomic E-state index is 11.3. The average Bonchev–Trinajstić information content (AvgIpc) is 2.38. The van der Waals surface area contributed by atoms with Gasteiger partial charge in [0.25, 0.3) is 0 Å². The van der Waals surface area contributed by atoms with E-state index in [4.69, 9.17) is 0 Å². The number of carbonyl (C=O) groups excluding carboxylic acids is 1. The van der Waals surface area contributed by atoms with E-state index in [9.17, 15) is 4.79 Å². The van der Waals surface area contributed by atoms with Gasteiger partial charge in [0.05, 0.1) is 11.7 Å². The molecule has 0 atom stereocenters. The minimum Gasteiger partial charge on any atom is -0.348 e. The predicted molar refractivity (Wildman–Crippen MR) is 73.2 cm³/mol. The first kappa shape index (κ1) is 13.9. The molecule has 1 rings (SSSR count). The van der Waals surface area contributed by atoms with Gasteiger partial charge in [0, 0.05) is 13.1 Å². The van der Waals surface area contributed by atoms with Crippen molar-refractivity contribution in [2.45, 2.75) is 20.4 Å². The van der Waals surface area contributed by atoms with Crippen molar-refractivity contribution in [2.24, 2.45) is 9.98 Å². The summed E-state index contributed by atoms with van der Waals surface area (Å²) in [6, 6.07) is 10.2. The van der Waals surface area contributed by atoms with Crippen LogP contribution in [0.25, 0.3) is 0 Å². The molecule has 0 bridgehead atoms. The number of aliphatic imine (C=N–C) groups is 2. The van der Waals surface area contributed by atoms with Crippen LogP contribution in [0, 0.1) is 0 Å². The van der Waals surface area contributed by atoms with Crippen LogP contribution < -0.4 is 5.32 Å². The van der Waals surface area contributed by atoms with Crippen LogP contribution in [0.1, 0.15) is 19.4 Å². The molecular formula is C14H17N3O. The first-order chi connectivity index (χ1) is 8.77. The van der Waals surface area contributed by atoms with Crippen molar-refractivity contribution in [1.82, 2.24) is 5.32 Å². The van der Waals surface area contributed by atoms with Crippen LogP contribution in [0.3, 0.4) is 0 Å². The molecule has 0 aliphatic carbocycles. The Kier molecular flexibility index (Phi) is 6.15. The second-order valence-electron chi connectivity index (χ2n) is 3.53. The van der Waals surface area contributed by atoms with Gasteiger partial charge in [-0.25, -0.2) is 4.99 Å². The Labute approximate surface area is 107 Å². The summed E-state index contributed by atoms with van der Waals surface area (Å²) < 4.78 is 0. The summed E-state index contributed by atoms with van der Waals surface area (Å²) in [5.41, 5.74) is 1.71. The Hall–Kier alpha value is -2.19. The highest BCUT2D eigenvalue weighted by atomic mass is 16.1. The number of benzene rings is 1. The number of allylic oxidation sites excluding steroid dienone is 1. The Morgan fingerprint density at radius 2 is 2.22 bits per heavy atom. The molecule has 0 unspecified atom stereocenters. The van der Waals surface area contributed by atoms with Crippen LogP contribution >= 0.6 is 0 Å². The van der Waals surface area contributed by atoms with Crippen LogP contribution in [0.4, 0.5) is 5.69 Å². The van der Waals surface area contributed by atoms with Gasteiger partial charge in [-0.3, -0.25) is 4.79 Å². The zero-order valence-electron chi connectivity index (χ0n) is 10.7. The molecule has 0 aromatic heterocycles. The normalized spacial score (nSPS) is 9.89. The van der Waals surface area contributed by atoms with Gasteiger partial charge in [0.1, 0.15) is 0 Å². The summed E-state index contributed by atoms with van der Waals surface area (Å²) in [4.78, 5) is 19.4. The topological polar surface area (TPSA) is 53.8 Å². The van der Waals surface area contributed by atoms with Crippen molar-refractivity contribution in [1.29, 1.82) is 0 Å². The van der Waals surface area contributed by atoms with Gasteiger partial charge in [0.2, 0.25) is 5.91 Å². The van der Waals surface area contributed by atoms with E-state index >= 15 is 0 Å². The molecule has 0 spiro atoms. The molecule has 4 nitrogen and oxygen atoms in total. The van der Waals surface area contributed by atoms with E-state index in [0.29, 0.717) is 13.1 Å². The third kappa shape index (κ3) is 4.76. The van der Waals surface area contributed by atoms with Crippen LogP contribution in [-0.2, 0) is 11.3 Å². The highest BCUT2D eigenvalue weighted by Crippen LogP contribution is 2.17. The monoisotopic (exact) mass is 243 g/mol. The van der Waals surface area contributed by atoms with E-state index < -0.39 is 0 Å². The zero-order chi connectivity index (χ0) is 13.2. The number of carbonyl (C=O) groups is 1. The quantitative estimate of drug-likeness (QED) is 0.627. The molecular weight excluding hydrogens is 226 g/mol. The number of nitrogens with zero attached hydrogens (tertiary/aromatic N) is 2. The molecule has 0 fully saturated rings. The Balaban J connectivity index is 2.76. The molecule has 1 aromatic carbocycles. The fourth-order valence-corrected chi connectivity index (χ4v) is 1.32. The number of hydrogen-bond acceptors (Lipinski definition) is 3. The highest BCUT2D eigenvalue weighted by Gasteiger charge is 2.01. The van der Waals surface area contributed by atoms with Crippen molar-refractivity contribution in [3.05, 3.63) is 42.0 Å². The number of hydrogen-bond donors (Lipinski definition) is 1. The van der Waals surface area contributed by atoms with E-state index in [1.54, 1.807) is 13.0 Å². The molecule has 0 aliphatic heterocycles. The zero-order valence-corrected chi connectivity index (χ0v) is 10.7. The summed E-state index contributed by atoms with van der Waals surface area (Å²) in [6.07, 6.45) is 3.19. The highest BCUT2D eigenvalue weighted by molar-refractivity contribution is 5.87. The minimum absolute atomic E-state index is 0.112. The van der Waals surface area contributed by atoms with E-state index in [-0.39, 0.29) is 5.91 Å². The SMILES string of the molecule is C/C=C/C(=O)NCc1ccccc1N=C=NCC. The van der Waals surface area contributed by atoms with Gasteiger partial charge in [-0.2, -0.15) is 4.99 Å². The summed E-state index contributed by atoms with van der Waals surface area (Å²) in [7, 11) is 0. The lowest BCUT2D eigenvalue weighted by atomic mass is 10.2. The van der Waals surface area contributed by atoms with Crippen LogP contribution in [0.5, 0.6) is 0 Å². The maximum Gasteiger partial charge on any atom is 0.243 e. The summed E-state index contributed by atoms with van der Waals surface area (Å²) in [6.45, 7) is 4.82. The lowest BCUT2D eigenvalue weighted by Gasteiger charge is -2.04. The maximum absolute atomic E-state index is 11.3. The van der Waals surface area contributed by atoms with E-state index in [2.05, 4.69) is 21.3 Å². The molecule has 0 aliphatic rings. The standard InChI is InChI=1S/C14H17N3O/c1-3-7-14(18)16-10-12-8-5-6-9-13(12)17-11-15-4-2/h3,5-9H,4,10H2,1-2H3,(H,16,18)/b7-3+. The summed E-state index contributed by atoms with van der Waals surface area (Å²) in [5.74, 6) is -0.112. The number of rotatable bonds is 5. The molecule has 94 valence electrons. The lowest BCUT2D eigenvalue weighted by molar-refractivity contribution is -0.116. The van der Waals surface area contributed by atoms with Crippen molar-refractivity contribution < 1.29 is 4.79 Å². The summed E-state index contributed by atoms with van der Waals surface area (Å²) >= 11 is 0. The third-order valence-corrected chi connectivity index (χ3v) is 2.16. The molecule has 18 heavy (non-hydrogen) atoms. The molecule has 0 heterocycles. The smallest absolute Gasteiger partial charge is 0.243 e. The van der Waals surface area contributed by atoms with Gasteiger partial charge < -0.3 is 5.32 Å². The number of nitrogens with one attached hydrogen (secondary N) is 1. The van der Waals surface area contributed by atoms with Gasteiger partial charge in [-0.1, -0.05) is 24.3 Å². The Morgan fingerprint density at radius 3 is 2.94 bits per heavy atom. The van der Waals surface area contributed by atoms with E-state index in [1.165, 1.54) is 6.08 Å². The van der Waals surface area contributed by atoms with Crippen molar-refractivity contribution in [3.8, 4) is 0 Å². The Morgan fingerprint density at radius 1 is 1.44 bits per heavy atom. The first-order valence-corrected chi connectivity index (χ1v) is 5.88. The number of amides is 1. The second kappa shape index (κ2) is 7.98. The molecule has 0 radical (unpaired) electrons. The van der Waals surface area contributed by atoms with Crippen LogP contribution in [0.2, 0.25) is 0 Å². The molecule has 1 aromatic rings. The molecule has 4 heteroatoms. The van der Waals surface area contributed by atoms with Gasteiger partial charge >= 0.3 is 0 Å². The lowest BCUT2D eigenvalue weighted by Crippen LogP contribution is -2.20. The molecule has 1 amide bonds. The van der Waals surface area contributed by atoms with Crippen molar-refractivity contribution >= 4 is 17.6 Å². The fraction of sp³-hybridized carbons (Fsp3) is 0.286. The van der Waals surface area contributed by atoms with Crippen LogP contribution in [-0.4, -0.2) is 18.5 Å². The Bertz CT molecular complexity index is 486. The fourth-order valence-electron chi connectivity index (χ4n) is 1.32. The second-order valence-corrected chi connectivity index (χ2v) is 3.53. The van der Waals surface area contributed by atoms with Gasteiger partial charge in [-0.15, -0.1) is 0 Å². The third-order valence-electron chi connectivity index (χ3n) is 2.16. The minimum atomic E-state index is -0.112. The molecule has 1 N–H and O–H groups in total.